The number of rotatable bonds is 6. The van der Waals surface area contributed by atoms with Gasteiger partial charge in [-0.25, -0.2) is 8.42 Å². The van der Waals surface area contributed by atoms with Gasteiger partial charge in [0, 0.05) is 5.56 Å². The van der Waals surface area contributed by atoms with E-state index in [4.69, 9.17) is 22.7 Å². The highest BCUT2D eigenvalue weighted by Gasteiger charge is 2.13. The molecule has 0 saturated carbocycles. The van der Waals surface area contributed by atoms with Crippen molar-refractivity contribution >= 4 is 32.9 Å². The van der Waals surface area contributed by atoms with E-state index in [9.17, 15) is 8.42 Å². The molecule has 1 aromatic carbocycles. The zero-order chi connectivity index (χ0) is 13.8. The molecule has 0 saturated heterocycles. The maximum atomic E-state index is 11.7. The summed E-state index contributed by atoms with van der Waals surface area (Å²) in [6.07, 6.45) is 0.544. The van der Waals surface area contributed by atoms with E-state index in [0.717, 1.165) is 0 Å². The third-order valence-corrected chi connectivity index (χ3v) is 3.94. The van der Waals surface area contributed by atoms with Gasteiger partial charge in [-0.1, -0.05) is 19.1 Å². The molecule has 5 nitrogen and oxygen atoms in total. The van der Waals surface area contributed by atoms with E-state index in [1.165, 1.54) is 7.11 Å². The first-order valence-corrected chi connectivity index (χ1v) is 7.44. The number of nitrogens with one attached hydrogen (secondary N) is 1. The van der Waals surface area contributed by atoms with Crippen LogP contribution in [0.5, 0.6) is 5.75 Å². The summed E-state index contributed by atoms with van der Waals surface area (Å²) in [6.45, 7) is 1.80. The van der Waals surface area contributed by atoms with Crippen LogP contribution in [0.3, 0.4) is 0 Å². The van der Waals surface area contributed by atoms with Gasteiger partial charge in [0.1, 0.15) is 10.7 Å². The Labute approximate surface area is 112 Å². The summed E-state index contributed by atoms with van der Waals surface area (Å²) < 4.78 is 30.9. The lowest BCUT2D eigenvalue weighted by molar-refractivity contribution is 0.417. The molecule has 0 aliphatic carbocycles. The molecule has 0 aliphatic heterocycles. The van der Waals surface area contributed by atoms with E-state index < -0.39 is 10.0 Å². The molecular formula is C11H16N2O3S2. The molecule has 7 heteroatoms. The smallest absolute Gasteiger partial charge is 0.232 e. The molecule has 0 radical (unpaired) electrons. The number of ether oxygens (including phenoxy) is 1. The van der Waals surface area contributed by atoms with Gasteiger partial charge >= 0.3 is 0 Å². The third kappa shape index (κ3) is 3.85. The maximum absolute atomic E-state index is 11.7. The second-order valence-corrected chi connectivity index (χ2v) is 5.98. The average molecular weight is 288 g/mol. The molecule has 0 bridgehead atoms. The SMILES string of the molecule is CCCS(=O)(=O)Nc1ccc(C(N)=S)cc1OC. The lowest BCUT2D eigenvalue weighted by atomic mass is 10.2. The lowest BCUT2D eigenvalue weighted by Gasteiger charge is -2.12. The molecule has 0 unspecified atom stereocenters. The van der Waals surface area contributed by atoms with Crippen LogP contribution in [0.1, 0.15) is 18.9 Å². The molecule has 1 rings (SSSR count). The summed E-state index contributed by atoms with van der Waals surface area (Å²) in [7, 11) is -1.89. The maximum Gasteiger partial charge on any atom is 0.232 e. The Hall–Kier alpha value is -1.34. The van der Waals surface area contributed by atoms with Gasteiger partial charge in [-0.15, -0.1) is 0 Å². The van der Waals surface area contributed by atoms with Gasteiger partial charge in [0.25, 0.3) is 0 Å². The van der Waals surface area contributed by atoms with E-state index >= 15 is 0 Å². The monoisotopic (exact) mass is 288 g/mol. The minimum absolute atomic E-state index is 0.0627. The largest absolute Gasteiger partial charge is 0.495 e. The van der Waals surface area contributed by atoms with Gasteiger partial charge in [0.05, 0.1) is 18.6 Å². The van der Waals surface area contributed by atoms with Crippen molar-refractivity contribution in [2.45, 2.75) is 13.3 Å². The van der Waals surface area contributed by atoms with Gasteiger partial charge in [-0.05, 0) is 24.6 Å². The van der Waals surface area contributed by atoms with Crippen LogP contribution in [0.4, 0.5) is 5.69 Å². The Balaban J connectivity index is 3.07. The standard InChI is InChI=1S/C11H16N2O3S2/c1-3-6-18(14,15)13-9-5-4-8(11(12)17)7-10(9)16-2/h4-5,7,13H,3,6H2,1-2H3,(H2,12,17). The zero-order valence-corrected chi connectivity index (χ0v) is 11.9. The molecule has 0 amide bonds. The Bertz CT molecular complexity index is 541. The highest BCUT2D eigenvalue weighted by molar-refractivity contribution is 7.92. The normalized spacial score (nSPS) is 11.0. The number of nitrogens with two attached hydrogens (primary N) is 1. The van der Waals surface area contributed by atoms with Gasteiger partial charge in [0.15, 0.2) is 0 Å². The quantitative estimate of drug-likeness (QED) is 0.775. The van der Waals surface area contributed by atoms with Crippen LogP contribution in [-0.4, -0.2) is 26.3 Å². The first-order chi connectivity index (χ1) is 8.39. The van der Waals surface area contributed by atoms with Gasteiger partial charge in [-0.3, -0.25) is 4.72 Å². The average Bonchev–Trinajstić information content (AvgIpc) is 2.28. The van der Waals surface area contributed by atoms with Crippen molar-refractivity contribution in [2.24, 2.45) is 5.73 Å². The number of sulfonamides is 1. The van der Waals surface area contributed by atoms with Crippen molar-refractivity contribution in [3.63, 3.8) is 0 Å². The third-order valence-electron chi connectivity index (χ3n) is 2.22. The van der Waals surface area contributed by atoms with Crippen LogP contribution in [0.2, 0.25) is 0 Å². The van der Waals surface area contributed by atoms with Gasteiger partial charge in [0.2, 0.25) is 10.0 Å². The Morgan fingerprint density at radius 1 is 1.50 bits per heavy atom. The summed E-state index contributed by atoms with van der Waals surface area (Å²) in [5.74, 6) is 0.452. The molecule has 18 heavy (non-hydrogen) atoms. The van der Waals surface area contributed by atoms with Crippen molar-refractivity contribution in [3.8, 4) is 5.75 Å². The first kappa shape index (κ1) is 14.7. The highest BCUT2D eigenvalue weighted by Crippen LogP contribution is 2.26. The second kappa shape index (κ2) is 6.01. The van der Waals surface area contributed by atoms with E-state index in [2.05, 4.69) is 4.72 Å². The van der Waals surface area contributed by atoms with E-state index in [0.29, 0.717) is 23.4 Å². The van der Waals surface area contributed by atoms with Gasteiger partial charge in [-0.2, -0.15) is 0 Å². The fourth-order valence-corrected chi connectivity index (χ4v) is 2.69. The molecule has 0 aromatic heterocycles. The van der Waals surface area contributed by atoms with Gasteiger partial charge < -0.3 is 10.5 Å². The Morgan fingerprint density at radius 2 is 2.17 bits per heavy atom. The second-order valence-electron chi connectivity index (χ2n) is 3.70. The van der Waals surface area contributed by atoms with Crippen molar-refractivity contribution in [3.05, 3.63) is 23.8 Å². The minimum atomic E-state index is -3.34. The van der Waals surface area contributed by atoms with Crippen LogP contribution < -0.4 is 15.2 Å². The molecule has 0 heterocycles. The van der Waals surface area contributed by atoms with Crippen molar-refractivity contribution in [1.82, 2.24) is 0 Å². The number of hydrogen-bond acceptors (Lipinski definition) is 4. The topological polar surface area (TPSA) is 81.4 Å². The number of hydrogen-bond donors (Lipinski definition) is 2. The molecule has 0 spiro atoms. The summed E-state index contributed by atoms with van der Waals surface area (Å²) >= 11 is 4.85. The number of thiocarbonyl (C=S) groups is 1. The lowest BCUT2D eigenvalue weighted by Crippen LogP contribution is -2.17. The number of anilines is 1. The van der Waals surface area contributed by atoms with Crippen molar-refractivity contribution in [2.75, 3.05) is 17.6 Å². The zero-order valence-electron chi connectivity index (χ0n) is 10.3. The molecule has 3 N–H and O–H groups in total. The van der Waals surface area contributed by atoms with Crippen LogP contribution in [0, 0.1) is 0 Å². The van der Waals surface area contributed by atoms with Crippen molar-refractivity contribution in [1.29, 1.82) is 0 Å². The minimum Gasteiger partial charge on any atom is -0.495 e. The first-order valence-electron chi connectivity index (χ1n) is 5.38. The van der Waals surface area contributed by atoms with E-state index in [-0.39, 0.29) is 10.7 Å². The molecule has 100 valence electrons. The van der Waals surface area contributed by atoms with E-state index in [1.54, 1.807) is 25.1 Å². The van der Waals surface area contributed by atoms with Crippen LogP contribution in [-0.2, 0) is 10.0 Å². The summed E-state index contributed by atoms with van der Waals surface area (Å²) in [5, 5.41) is 0. The van der Waals surface area contributed by atoms with E-state index in [1.807, 2.05) is 0 Å². The molecule has 1 aromatic rings. The predicted octanol–water partition coefficient (Wildman–Crippen LogP) is 1.48. The fraction of sp³-hybridized carbons (Fsp3) is 0.364. The van der Waals surface area contributed by atoms with Crippen LogP contribution >= 0.6 is 12.2 Å². The molecule has 0 atom stereocenters. The van der Waals surface area contributed by atoms with Crippen LogP contribution in [0.15, 0.2) is 18.2 Å². The summed E-state index contributed by atoms with van der Waals surface area (Å²) in [4.78, 5) is 0.233. The van der Waals surface area contributed by atoms with Crippen molar-refractivity contribution < 1.29 is 13.2 Å². The molecule has 0 aliphatic rings. The highest BCUT2D eigenvalue weighted by atomic mass is 32.2. The summed E-state index contributed by atoms with van der Waals surface area (Å²) in [5.41, 5.74) is 6.51. The molecular weight excluding hydrogens is 272 g/mol. The number of benzene rings is 1. The summed E-state index contributed by atoms with van der Waals surface area (Å²) in [6, 6.07) is 4.83. The van der Waals surface area contributed by atoms with Crippen LogP contribution in [0.25, 0.3) is 0 Å². The predicted molar refractivity (Wildman–Crippen MR) is 76.6 cm³/mol. The molecule has 0 fully saturated rings. The Kier molecular flexibility index (Phi) is 4.92. The fourth-order valence-electron chi connectivity index (χ4n) is 1.42. The number of methoxy groups -OCH3 is 1. The Morgan fingerprint density at radius 3 is 2.67 bits per heavy atom.